The van der Waals surface area contributed by atoms with Gasteiger partial charge in [-0.3, -0.25) is 4.79 Å². The summed E-state index contributed by atoms with van der Waals surface area (Å²) in [5.41, 5.74) is -1.59. The van der Waals surface area contributed by atoms with Crippen LogP contribution in [-0.2, 0) is 28.5 Å². The van der Waals surface area contributed by atoms with Gasteiger partial charge in [0.1, 0.15) is 0 Å². The lowest BCUT2D eigenvalue weighted by Crippen LogP contribution is -2.42. The van der Waals surface area contributed by atoms with Crippen molar-refractivity contribution in [2.45, 2.75) is 25.9 Å². The predicted octanol–water partition coefficient (Wildman–Crippen LogP) is 0.443. The van der Waals surface area contributed by atoms with Crippen LogP contribution in [0.15, 0.2) is 0 Å². The highest BCUT2D eigenvalue weighted by Crippen LogP contribution is 2.10. The molecule has 0 aliphatic rings. The second-order valence-electron chi connectivity index (χ2n) is 5.59. The molecule has 10 nitrogen and oxygen atoms in total. The van der Waals surface area contributed by atoms with Crippen LogP contribution in [0.4, 0.5) is 4.79 Å². The zero-order chi connectivity index (χ0) is 19.3. The topological polar surface area (TPSA) is 132 Å². The van der Waals surface area contributed by atoms with Crippen LogP contribution in [0.25, 0.3) is 0 Å². The van der Waals surface area contributed by atoms with Crippen LogP contribution >= 0.6 is 0 Å². The van der Waals surface area contributed by atoms with Crippen LogP contribution in [0.2, 0.25) is 0 Å². The summed E-state index contributed by atoms with van der Waals surface area (Å²) in [6, 6.07) is 0. The van der Waals surface area contributed by atoms with Crippen molar-refractivity contribution in [3.8, 4) is 0 Å². The van der Waals surface area contributed by atoms with Crippen LogP contribution < -0.4 is 0 Å². The largest absolute Gasteiger partial charge is 0.481 e. The second kappa shape index (κ2) is 12.5. The van der Waals surface area contributed by atoms with E-state index in [0.29, 0.717) is 26.4 Å². The van der Waals surface area contributed by atoms with E-state index in [2.05, 4.69) is 0 Å². The number of carboxylic acid groups (broad SMARTS) is 2. The smallest absolute Gasteiger partial charge is 0.410 e. The van der Waals surface area contributed by atoms with Crippen LogP contribution in [-0.4, -0.2) is 92.0 Å². The third-order valence-corrected chi connectivity index (χ3v) is 2.94. The zero-order valence-electron chi connectivity index (χ0n) is 14.9. The third-order valence-electron chi connectivity index (χ3n) is 2.94. The van der Waals surface area contributed by atoms with Crippen molar-refractivity contribution in [1.82, 2.24) is 4.90 Å². The standard InChI is InChI=1S/C15H27NO9/c1-15(2,13(19)20)25-14(21)16(3)5-7-23-9-11-24-10-8-22-6-4-12(17)18/h4-11H2,1-3H3,(H,17,18)(H,19,20). The summed E-state index contributed by atoms with van der Waals surface area (Å²) in [5, 5.41) is 17.3. The molecular weight excluding hydrogens is 338 g/mol. The normalized spacial score (nSPS) is 11.2. The number of carbonyl (C=O) groups excluding carboxylic acids is 1. The van der Waals surface area contributed by atoms with E-state index >= 15 is 0 Å². The molecule has 0 spiro atoms. The number of nitrogens with zero attached hydrogens (tertiary/aromatic N) is 1. The van der Waals surface area contributed by atoms with E-state index in [1.807, 2.05) is 0 Å². The maximum absolute atomic E-state index is 11.7. The van der Waals surface area contributed by atoms with Gasteiger partial charge in [0.05, 0.1) is 46.1 Å². The molecule has 0 aromatic rings. The van der Waals surface area contributed by atoms with Crippen LogP contribution in [0, 0.1) is 0 Å². The highest BCUT2D eigenvalue weighted by Gasteiger charge is 2.32. The molecule has 0 saturated carbocycles. The number of hydrogen-bond donors (Lipinski definition) is 2. The van der Waals surface area contributed by atoms with Crippen molar-refractivity contribution in [2.24, 2.45) is 0 Å². The highest BCUT2D eigenvalue weighted by molar-refractivity contribution is 5.80. The monoisotopic (exact) mass is 365 g/mol. The van der Waals surface area contributed by atoms with Gasteiger partial charge in [0.25, 0.3) is 0 Å². The first-order valence-corrected chi connectivity index (χ1v) is 7.79. The zero-order valence-corrected chi connectivity index (χ0v) is 14.9. The van der Waals surface area contributed by atoms with Crippen LogP contribution in [0.3, 0.4) is 0 Å². The molecule has 0 atom stereocenters. The van der Waals surface area contributed by atoms with E-state index in [0.717, 1.165) is 0 Å². The molecule has 0 aromatic carbocycles. The Labute approximate surface area is 146 Å². The molecule has 0 saturated heterocycles. The molecule has 0 radical (unpaired) electrons. The first-order chi connectivity index (χ1) is 11.7. The number of amides is 1. The van der Waals surface area contributed by atoms with Gasteiger partial charge in [-0.1, -0.05) is 0 Å². The SMILES string of the molecule is CN(CCOCCOCCOCCC(=O)O)C(=O)OC(C)(C)C(=O)O. The number of aliphatic carboxylic acids is 2. The Hall–Kier alpha value is -1.91. The number of hydrogen-bond acceptors (Lipinski definition) is 7. The van der Waals surface area contributed by atoms with Gasteiger partial charge in [-0.25, -0.2) is 9.59 Å². The van der Waals surface area contributed by atoms with Crippen molar-refractivity contribution in [2.75, 3.05) is 53.2 Å². The molecule has 0 aliphatic heterocycles. The van der Waals surface area contributed by atoms with Gasteiger partial charge in [0.2, 0.25) is 5.60 Å². The van der Waals surface area contributed by atoms with Gasteiger partial charge >= 0.3 is 18.0 Å². The molecule has 0 unspecified atom stereocenters. The van der Waals surface area contributed by atoms with E-state index in [1.165, 1.54) is 25.8 Å². The summed E-state index contributed by atoms with van der Waals surface area (Å²) < 4.78 is 20.4. The molecular formula is C15H27NO9. The fraction of sp³-hybridized carbons (Fsp3) is 0.800. The van der Waals surface area contributed by atoms with Crippen molar-refractivity contribution in [3.63, 3.8) is 0 Å². The van der Waals surface area contributed by atoms with E-state index in [1.54, 1.807) is 0 Å². The minimum Gasteiger partial charge on any atom is -0.481 e. The molecule has 0 heterocycles. The Bertz CT molecular complexity index is 425. The summed E-state index contributed by atoms with van der Waals surface area (Å²) in [6.07, 6.45) is -0.784. The minimum absolute atomic E-state index is 0.0390. The van der Waals surface area contributed by atoms with Crippen molar-refractivity contribution >= 4 is 18.0 Å². The minimum atomic E-state index is -1.59. The van der Waals surface area contributed by atoms with Gasteiger partial charge in [-0.15, -0.1) is 0 Å². The molecule has 10 heteroatoms. The summed E-state index contributed by atoms with van der Waals surface area (Å²) in [5.74, 6) is -2.13. The average molecular weight is 365 g/mol. The van der Waals surface area contributed by atoms with Crippen molar-refractivity contribution in [1.29, 1.82) is 0 Å². The molecule has 0 rings (SSSR count). The van der Waals surface area contributed by atoms with E-state index in [9.17, 15) is 14.4 Å². The summed E-state index contributed by atoms with van der Waals surface area (Å²) >= 11 is 0. The quantitative estimate of drug-likeness (QED) is 0.421. The Kier molecular flexibility index (Phi) is 11.5. The summed E-state index contributed by atoms with van der Waals surface area (Å²) in [6.45, 7) is 4.52. The van der Waals surface area contributed by atoms with Gasteiger partial charge < -0.3 is 34.1 Å². The molecule has 0 bridgehead atoms. The first kappa shape index (κ1) is 23.1. The van der Waals surface area contributed by atoms with Gasteiger partial charge in [0.15, 0.2) is 0 Å². The number of ether oxygens (including phenoxy) is 4. The van der Waals surface area contributed by atoms with Crippen LogP contribution in [0.5, 0.6) is 0 Å². The third kappa shape index (κ3) is 12.1. The van der Waals surface area contributed by atoms with Gasteiger partial charge in [0, 0.05) is 13.6 Å². The first-order valence-electron chi connectivity index (χ1n) is 7.79. The number of carbonyl (C=O) groups is 3. The highest BCUT2D eigenvalue weighted by atomic mass is 16.6. The van der Waals surface area contributed by atoms with Gasteiger partial charge in [-0.05, 0) is 13.8 Å². The molecule has 0 aromatic heterocycles. The molecule has 1 amide bonds. The molecule has 25 heavy (non-hydrogen) atoms. The average Bonchev–Trinajstić information content (AvgIpc) is 2.51. The Balaban J connectivity index is 3.57. The van der Waals surface area contributed by atoms with Crippen molar-refractivity contribution < 1.29 is 43.5 Å². The van der Waals surface area contributed by atoms with Crippen LogP contribution in [0.1, 0.15) is 20.3 Å². The fourth-order valence-corrected chi connectivity index (χ4v) is 1.33. The lowest BCUT2D eigenvalue weighted by Gasteiger charge is -2.24. The number of rotatable bonds is 14. The summed E-state index contributed by atoms with van der Waals surface area (Å²) in [7, 11) is 1.48. The lowest BCUT2D eigenvalue weighted by molar-refractivity contribution is -0.155. The molecule has 0 aliphatic carbocycles. The maximum atomic E-state index is 11.7. The molecule has 0 fully saturated rings. The Morgan fingerprint density at radius 3 is 1.84 bits per heavy atom. The van der Waals surface area contributed by atoms with Crippen molar-refractivity contribution in [3.05, 3.63) is 0 Å². The predicted molar refractivity (Wildman–Crippen MR) is 85.5 cm³/mol. The number of likely N-dealkylation sites (N-methyl/N-ethyl adjacent to an activating group) is 1. The lowest BCUT2D eigenvalue weighted by atomic mass is 10.1. The number of carboxylic acids is 2. The Morgan fingerprint density at radius 2 is 1.36 bits per heavy atom. The molecule has 146 valence electrons. The van der Waals surface area contributed by atoms with Gasteiger partial charge in [-0.2, -0.15) is 0 Å². The second-order valence-corrected chi connectivity index (χ2v) is 5.59. The summed E-state index contributed by atoms with van der Waals surface area (Å²) in [4.78, 5) is 34.1. The maximum Gasteiger partial charge on any atom is 0.410 e. The molecule has 2 N–H and O–H groups in total. The fourth-order valence-electron chi connectivity index (χ4n) is 1.33. The van der Waals surface area contributed by atoms with E-state index in [4.69, 9.17) is 29.2 Å². The van der Waals surface area contributed by atoms with E-state index < -0.39 is 23.6 Å². The van der Waals surface area contributed by atoms with E-state index in [-0.39, 0.29) is 26.2 Å². The Morgan fingerprint density at radius 1 is 0.880 bits per heavy atom.